The number of hydrogen-bond acceptors (Lipinski definition) is 4. The number of carbonyl (C=O) groups is 1. The molecule has 0 aliphatic heterocycles. The van der Waals surface area contributed by atoms with E-state index in [-0.39, 0.29) is 18.3 Å². The van der Waals surface area contributed by atoms with Crippen molar-refractivity contribution in [2.75, 3.05) is 0 Å². The number of esters is 1. The molecule has 5 nitrogen and oxygen atoms in total. The fourth-order valence-corrected chi connectivity index (χ4v) is 4.35. The second-order valence-corrected chi connectivity index (χ2v) is 8.14. The van der Waals surface area contributed by atoms with Crippen LogP contribution in [-0.4, -0.2) is 36.5 Å². The standard InChI is InChI=1S/C14H19F5O5S/c15-13(16,17)12(14(18,19)25(21,22)23)24-11(20)10-7-3-5-8-4-1-2-6-9(8)10/h8-10,12H,1-7H2,(H,21,22,23). The highest BCUT2D eigenvalue weighted by Gasteiger charge is 2.66. The van der Waals surface area contributed by atoms with E-state index < -0.39 is 39.5 Å². The first-order chi connectivity index (χ1) is 11.4. The molecule has 0 spiro atoms. The van der Waals surface area contributed by atoms with Gasteiger partial charge >= 0.3 is 27.5 Å². The molecule has 4 unspecified atom stereocenters. The summed E-state index contributed by atoms with van der Waals surface area (Å²) in [5, 5.41) is -5.68. The fourth-order valence-electron chi connectivity index (χ4n) is 3.90. The molecule has 25 heavy (non-hydrogen) atoms. The number of rotatable bonds is 4. The first kappa shape index (κ1) is 20.3. The average Bonchev–Trinajstić information content (AvgIpc) is 2.49. The second-order valence-electron chi connectivity index (χ2n) is 6.64. The van der Waals surface area contributed by atoms with E-state index in [2.05, 4.69) is 4.74 Å². The van der Waals surface area contributed by atoms with Crippen LogP contribution in [-0.2, 0) is 19.6 Å². The van der Waals surface area contributed by atoms with Gasteiger partial charge in [-0.1, -0.05) is 32.1 Å². The molecule has 0 heterocycles. The first-order valence-electron chi connectivity index (χ1n) is 7.97. The van der Waals surface area contributed by atoms with Gasteiger partial charge < -0.3 is 4.74 Å². The highest BCUT2D eigenvalue weighted by molar-refractivity contribution is 7.86. The zero-order valence-corrected chi connectivity index (χ0v) is 14.0. The van der Waals surface area contributed by atoms with E-state index in [1.807, 2.05) is 0 Å². The molecule has 0 aromatic heterocycles. The summed E-state index contributed by atoms with van der Waals surface area (Å²) < 4.78 is 99.3. The Kier molecular flexibility index (Phi) is 5.68. The Morgan fingerprint density at radius 2 is 1.56 bits per heavy atom. The molecular weight excluding hydrogens is 375 g/mol. The summed E-state index contributed by atoms with van der Waals surface area (Å²) in [7, 11) is -6.41. The van der Waals surface area contributed by atoms with Crippen LogP contribution in [0.3, 0.4) is 0 Å². The topological polar surface area (TPSA) is 80.7 Å². The van der Waals surface area contributed by atoms with Crippen LogP contribution in [0.4, 0.5) is 22.0 Å². The predicted octanol–water partition coefficient (Wildman–Crippen LogP) is 3.55. The van der Waals surface area contributed by atoms with Gasteiger partial charge in [0.05, 0.1) is 5.92 Å². The van der Waals surface area contributed by atoms with Crippen molar-refractivity contribution in [1.29, 1.82) is 0 Å². The van der Waals surface area contributed by atoms with Crippen molar-refractivity contribution in [2.45, 2.75) is 62.5 Å². The Morgan fingerprint density at radius 3 is 2.12 bits per heavy atom. The third-order valence-corrected chi connectivity index (χ3v) is 5.96. The lowest BCUT2D eigenvalue weighted by Gasteiger charge is -2.40. The van der Waals surface area contributed by atoms with Crippen LogP contribution in [0.15, 0.2) is 0 Å². The van der Waals surface area contributed by atoms with Crippen molar-refractivity contribution < 1.29 is 44.5 Å². The maximum Gasteiger partial charge on any atom is 0.432 e. The monoisotopic (exact) mass is 394 g/mol. The van der Waals surface area contributed by atoms with E-state index in [1.54, 1.807) is 0 Å². The van der Waals surface area contributed by atoms with Gasteiger partial charge in [-0.15, -0.1) is 0 Å². The Balaban J connectivity index is 2.22. The van der Waals surface area contributed by atoms with Gasteiger partial charge in [0.1, 0.15) is 0 Å². The van der Waals surface area contributed by atoms with Gasteiger partial charge in [0, 0.05) is 0 Å². The van der Waals surface area contributed by atoms with Crippen molar-refractivity contribution in [1.82, 2.24) is 0 Å². The van der Waals surface area contributed by atoms with Crippen LogP contribution < -0.4 is 0 Å². The summed E-state index contributed by atoms with van der Waals surface area (Å²) in [5.41, 5.74) is 0. The Morgan fingerprint density at radius 1 is 1.00 bits per heavy atom. The molecule has 2 fully saturated rings. The molecule has 2 aliphatic carbocycles. The zero-order chi connectivity index (χ0) is 19.0. The first-order valence-corrected chi connectivity index (χ1v) is 9.41. The Bertz CT molecular complexity index is 601. The Hall–Kier alpha value is -0.970. The van der Waals surface area contributed by atoms with Crippen LogP contribution in [0.1, 0.15) is 44.9 Å². The molecule has 0 bridgehead atoms. The lowest BCUT2D eigenvalue weighted by Crippen LogP contribution is -2.53. The molecule has 2 aliphatic rings. The molecule has 0 saturated heterocycles. The Labute approximate surface area is 141 Å². The van der Waals surface area contributed by atoms with Gasteiger partial charge in [-0.05, 0) is 24.7 Å². The number of fused-ring (bicyclic) bond motifs is 1. The number of ether oxygens (including phenoxy) is 1. The molecular formula is C14H19F5O5S. The molecule has 2 rings (SSSR count). The molecule has 0 amide bonds. The molecule has 11 heteroatoms. The van der Waals surface area contributed by atoms with Crippen LogP contribution in [0.2, 0.25) is 0 Å². The maximum absolute atomic E-state index is 13.5. The number of alkyl halides is 5. The van der Waals surface area contributed by atoms with Gasteiger partial charge in [0.15, 0.2) is 0 Å². The highest BCUT2D eigenvalue weighted by Crippen LogP contribution is 2.45. The van der Waals surface area contributed by atoms with E-state index in [4.69, 9.17) is 4.55 Å². The predicted molar refractivity (Wildman–Crippen MR) is 75.2 cm³/mol. The van der Waals surface area contributed by atoms with Crippen molar-refractivity contribution in [3.05, 3.63) is 0 Å². The molecule has 146 valence electrons. The normalized spacial score (nSPS) is 29.6. The van der Waals surface area contributed by atoms with Crippen molar-refractivity contribution >= 4 is 16.1 Å². The van der Waals surface area contributed by atoms with E-state index in [0.29, 0.717) is 12.8 Å². The minimum atomic E-state index is -6.41. The SMILES string of the molecule is O=C(OC(C(F)(F)F)C(F)(F)S(=O)(=O)O)C1CCCC2CCCCC21. The molecule has 0 radical (unpaired) electrons. The molecule has 0 aromatic carbocycles. The van der Waals surface area contributed by atoms with Gasteiger partial charge in [-0.25, -0.2) is 0 Å². The van der Waals surface area contributed by atoms with Gasteiger partial charge in [-0.3, -0.25) is 9.35 Å². The second kappa shape index (κ2) is 6.98. The van der Waals surface area contributed by atoms with E-state index in [1.165, 1.54) is 0 Å². The van der Waals surface area contributed by atoms with Crippen LogP contribution in [0, 0.1) is 17.8 Å². The van der Waals surface area contributed by atoms with E-state index in [0.717, 1.165) is 25.7 Å². The van der Waals surface area contributed by atoms with Crippen LogP contribution in [0.25, 0.3) is 0 Å². The number of carbonyl (C=O) groups excluding carboxylic acids is 1. The fraction of sp³-hybridized carbons (Fsp3) is 0.929. The maximum atomic E-state index is 13.5. The van der Waals surface area contributed by atoms with Crippen LogP contribution in [0.5, 0.6) is 0 Å². The third-order valence-electron chi connectivity index (χ3n) is 5.06. The molecule has 0 aromatic rings. The van der Waals surface area contributed by atoms with Gasteiger partial charge in [0.25, 0.3) is 6.10 Å². The molecule has 1 N–H and O–H groups in total. The van der Waals surface area contributed by atoms with Crippen molar-refractivity contribution in [3.8, 4) is 0 Å². The average molecular weight is 394 g/mol. The van der Waals surface area contributed by atoms with Gasteiger partial charge in [0.2, 0.25) is 0 Å². The smallest absolute Gasteiger partial charge is 0.432 e. The summed E-state index contributed by atoms with van der Waals surface area (Å²) in [6, 6.07) is 0. The van der Waals surface area contributed by atoms with Crippen LogP contribution >= 0.6 is 0 Å². The van der Waals surface area contributed by atoms with Crippen molar-refractivity contribution in [3.63, 3.8) is 0 Å². The summed E-state index contributed by atoms with van der Waals surface area (Å²) in [6.07, 6.45) is -5.37. The lowest BCUT2D eigenvalue weighted by atomic mass is 9.65. The third kappa shape index (κ3) is 4.24. The van der Waals surface area contributed by atoms with E-state index >= 15 is 0 Å². The summed E-state index contributed by atoms with van der Waals surface area (Å²) in [5.74, 6) is -2.57. The number of hydrogen-bond donors (Lipinski definition) is 1. The zero-order valence-electron chi connectivity index (χ0n) is 13.1. The quantitative estimate of drug-likeness (QED) is 0.448. The lowest BCUT2D eigenvalue weighted by molar-refractivity contribution is -0.262. The van der Waals surface area contributed by atoms with E-state index in [9.17, 15) is 35.2 Å². The van der Waals surface area contributed by atoms with Crippen molar-refractivity contribution in [2.24, 2.45) is 17.8 Å². The molecule has 4 atom stereocenters. The highest BCUT2D eigenvalue weighted by atomic mass is 32.2. The largest absolute Gasteiger partial charge is 0.444 e. The number of halogens is 5. The minimum Gasteiger partial charge on any atom is -0.444 e. The summed E-state index contributed by atoms with van der Waals surface area (Å²) in [6.45, 7) is 0. The molecule has 2 saturated carbocycles. The van der Waals surface area contributed by atoms with Gasteiger partial charge in [-0.2, -0.15) is 30.4 Å². The summed E-state index contributed by atoms with van der Waals surface area (Å²) >= 11 is 0. The summed E-state index contributed by atoms with van der Waals surface area (Å²) in [4.78, 5) is 12.2. The minimum absolute atomic E-state index is 0.131.